The summed E-state index contributed by atoms with van der Waals surface area (Å²) in [5, 5.41) is 2.91. The van der Waals surface area contributed by atoms with E-state index in [4.69, 9.17) is 14.2 Å². The molecule has 8 nitrogen and oxygen atoms in total. The molecule has 1 N–H and O–H groups in total. The molecule has 1 aliphatic rings. The van der Waals surface area contributed by atoms with Gasteiger partial charge in [-0.25, -0.2) is 4.98 Å². The van der Waals surface area contributed by atoms with E-state index in [9.17, 15) is 9.59 Å². The predicted octanol–water partition coefficient (Wildman–Crippen LogP) is 4.29. The summed E-state index contributed by atoms with van der Waals surface area (Å²) in [5.41, 5.74) is 1.86. The lowest BCUT2D eigenvalue weighted by atomic mass is 10.1. The van der Waals surface area contributed by atoms with Gasteiger partial charge in [0, 0.05) is 24.3 Å². The maximum atomic E-state index is 12.9. The van der Waals surface area contributed by atoms with Crippen LogP contribution in [0.25, 0.3) is 10.2 Å². The van der Waals surface area contributed by atoms with Crippen LogP contribution in [0.5, 0.6) is 17.2 Å². The highest BCUT2D eigenvalue weighted by atomic mass is 32.2. The number of methoxy groups -OCH3 is 3. The number of ether oxygens (including phenoxy) is 3. The van der Waals surface area contributed by atoms with Crippen LogP contribution < -0.4 is 19.5 Å². The van der Waals surface area contributed by atoms with Crippen LogP contribution in [-0.2, 0) is 4.79 Å². The quantitative estimate of drug-likeness (QED) is 0.474. The number of rotatable bonds is 8. The monoisotopic (exact) mass is 487 g/mol. The van der Waals surface area contributed by atoms with Crippen molar-refractivity contribution in [2.24, 2.45) is 0 Å². The predicted molar refractivity (Wildman–Crippen MR) is 130 cm³/mol. The molecule has 0 radical (unpaired) electrons. The number of benzene rings is 2. The Bertz CT molecular complexity index is 1150. The van der Waals surface area contributed by atoms with E-state index in [-0.39, 0.29) is 11.8 Å². The first-order chi connectivity index (χ1) is 16.0. The van der Waals surface area contributed by atoms with Crippen LogP contribution in [0.1, 0.15) is 23.2 Å². The number of likely N-dealkylation sites (tertiary alicyclic amines) is 1. The minimum Gasteiger partial charge on any atom is -0.493 e. The van der Waals surface area contributed by atoms with Gasteiger partial charge >= 0.3 is 0 Å². The zero-order chi connectivity index (χ0) is 23.4. The normalized spacial score (nSPS) is 13.2. The Hall–Kier alpha value is -2.98. The highest BCUT2D eigenvalue weighted by Crippen LogP contribution is 2.38. The van der Waals surface area contributed by atoms with E-state index in [1.54, 1.807) is 12.1 Å². The fourth-order valence-electron chi connectivity index (χ4n) is 3.64. The summed E-state index contributed by atoms with van der Waals surface area (Å²) in [4.78, 5) is 31.7. The van der Waals surface area contributed by atoms with Crippen molar-refractivity contribution in [1.82, 2.24) is 9.88 Å². The van der Waals surface area contributed by atoms with Crippen LogP contribution in [0.15, 0.2) is 34.7 Å². The number of nitrogens with one attached hydrogen (secondary N) is 1. The number of aromatic nitrogens is 1. The zero-order valence-corrected chi connectivity index (χ0v) is 20.3. The molecule has 2 aromatic carbocycles. The van der Waals surface area contributed by atoms with Crippen LogP contribution in [0.4, 0.5) is 5.69 Å². The number of hydrogen-bond acceptors (Lipinski definition) is 8. The molecule has 1 aromatic heterocycles. The lowest BCUT2D eigenvalue weighted by molar-refractivity contribution is -0.127. The topological polar surface area (TPSA) is 90.0 Å². The molecule has 10 heteroatoms. The molecule has 1 aliphatic heterocycles. The van der Waals surface area contributed by atoms with Crippen molar-refractivity contribution in [2.45, 2.75) is 17.2 Å². The minimum absolute atomic E-state index is 0.162. The molecule has 0 unspecified atom stereocenters. The Morgan fingerprint density at radius 1 is 1.06 bits per heavy atom. The van der Waals surface area contributed by atoms with Gasteiger partial charge in [-0.15, -0.1) is 11.3 Å². The summed E-state index contributed by atoms with van der Waals surface area (Å²) in [6, 6.07) is 8.77. The molecule has 0 aliphatic carbocycles. The smallest absolute Gasteiger partial charge is 0.255 e. The van der Waals surface area contributed by atoms with Gasteiger partial charge < -0.3 is 24.4 Å². The van der Waals surface area contributed by atoms with Gasteiger partial charge in [0.1, 0.15) is 0 Å². The fourth-order valence-corrected chi connectivity index (χ4v) is 5.65. The Morgan fingerprint density at radius 2 is 1.76 bits per heavy atom. The summed E-state index contributed by atoms with van der Waals surface area (Å²) in [6.07, 6.45) is 2.17. The van der Waals surface area contributed by atoms with E-state index >= 15 is 0 Å². The van der Waals surface area contributed by atoms with E-state index in [1.807, 2.05) is 23.1 Å². The molecule has 1 saturated heterocycles. The van der Waals surface area contributed by atoms with Gasteiger partial charge in [-0.1, -0.05) is 11.8 Å². The summed E-state index contributed by atoms with van der Waals surface area (Å²) >= 11 is 2.97. The van der Waals surface area contributed by atoms with Crippen molar-refractivity contribution in [3.05, 3.63) is 35.9 Å². The van der Waals surface area contributed by atoms with Gasteiger partial charge in [-0.05, 0) is 43.2 Å². The van der Waals surface area contributed by atoms with Crippen molar-refractivity contribution in [3.63, 3.8) is 0 Å². The van der Waals surface area contributed by atoms with Gasteiger partial charge in [0.05, 0.1) is 37.3 Å². The average molecular weight is 488 g/mol. The number of nitrogens with zero attached hydrogens (tertiary/aromatic N) is 2. The van der Waals surface area contributed by atoms with Gasteiger partial charge in [-0.2, -0.15) is 0 Å². The van der Waals surface area contributed by atoms with E-state index in [2.05, 4.69) is 10.3 Å². The number of thioether (sulfide) groups is 1. The van der Waals surface area contributed by atoms with Gasteiger partial charge in [0.25, 0.3) is 5.91 Å². The van der Waals surface area contributed by atoms with Crippen molar-refractivity contribution < 1.29 is 23.8 Å². The summed E-state index contributed by atoms with van der Waals surface area (Å²) in [5.74, 6) is 1.50. The highest BCUT2D eigenvalue weighted by molar-refractivity contribution is 8.01. The lowest BCUT2D eigenvalue weighted by Gasteiger charge is -2.14. The van der Waals surface area contributed by atoms with Gasteiger partial charge in [0.15, 0.2) is 15.8 Å². The second-order valence-corrected chi connectivity index (χ2v) is 9.66. The first-order valence-corrected chi connectivity index (χ1v) is 12.2. The second kappa shape index (κ2) is 10.3. The lowest BCUT2D eigenvalue weighted by Crippen LogP contribution is -2.29. The van der Waals surface area contributed by atoms with E-state index < -0.39 is 0 Å². The molecule has 1 fully saturated rings. The molecule has 0 atom stereocenters. The number of anilines is 1. The SMILES string of the molecule is COc1cc(C(=O)Nc2ccc3nc(SCC(=O)N4CCCC4)sc3c2)cc(OC)c1OC. The molecule has 4 rings (SSSR count). The van der Waals surface area contributed by atoms with Crippen LogP contribution in [0.2, 0.25) is 0 Å². The summed E-state index contributed by atoms with van der Waals surface area (Å²) < 4.78 is 17.8. The maximum Gasteiger partial charge on any atom is 0.255 e. The Kier molecular flexibility index (Phi) is 7.24. The Morgan fingerprint density at radius 3 is 2.39 bits per heavy atom. The van der Waals surface area contributed by atoms with Crippen molar-refractivity contribution in [2.75, 3.05) is 45.5 Å². The number of fused-ring (bicyclic) bond motifs is 1. The zero-order valence-electron chi connectivity index (χ0n) is 18.7. The molecule has 174 valence electrons. The van der Waals surface area contributed by atoms with Crippen molar-refractivity contribution in [1.29, 1.82) is 0 Å². The van der Waals surface area contributed by atoms with Crippen LogP contribution in [-0.4, -0.2) is 61.9 Å². The van der Waals surface area contributed by atoms with E-state index in [0.29, 0.717) is 34.3 Å². The Balaban J connectivity index is 1.46. The molecule has 3 aromatic rings. The molecule has 0 saturated carbocycles. The van der Waals surface area contributed by atoms with Crippen LogP contribution in [0.3, 0.4) is 0 Å². The largest absolute Gasteiger partial charge is 0.493 e. The summed E-state index contributed by atoms with van der Waals surface area (Å²) in [6.45, 7) is 1.71. The molecule has 2 heterocycles. The number of hydrogen-bond donors (Lipinski definition) is 1. The van der Waals surface area contributed by atoms with E-state index in [0.717, 1.165) is 40.5 Å². The highest BCUT2D eigenvalue weighted by Gasteiger charge is 2.19. The van der Waals surface area contributed by atoms with E-state index in [1.165, 1.54) is 44.4 Å². The van der Waals surface area contributed by atoms with Gasteiger partial charge in [0.2, 0.25) is 11.7 Å². The minimum atomic E-state index is -0.302. The number of amides is 2. The first-order valence-electron chi connectivity index (χ1n) is 10.4. The molecular formula is C23H25N3O5S2. The first kappa shape index (κ1) is 23.2. The van der Waals surface area contributed by atoms with Crippen LogP contribution in [0, 0.1) is 0 Å². The molecule has 33 heavy (non-hydrogen) atoms. The van der Waals surface area contributed by atoms with Crippen molar-refractivity contribution >= 4 is 50.8 Å². The van der Waals surface area contributed by atoms with Crippen LogP contribution >= 0.6 is 23.1 Å². The fraction of sp³-hybridized carbons (Fsp3) is 0.348. The molecule has 0 spiro atoms. The molecule has 2 amide bonds. The van der Waals surface area contributed by atoms with Gasteiger partial charge in [-0.3, -0.25) is 9.59 Å². The molecular weight excluding hydrogens is 462 g/mol. The summed E-state index contributed by atoms with van der Waals surface area (Å²) in [7, 11) is 4.52. The third kappa shape index (κ3) is 5.17. The third-order valence-corrected chi connectivity index (χ3v) is 7.48. The number of thiazole rings is 1. The number of carbonyl (C=O) groups is 2. The molecule has 0 bridgehead atoms. The average Bonchev–Trinajstić information content (AvgIpc) is 3.51. The third-order valence-electron chi connectivity index (χ3n) is 5.33. The maximum absolute atomic E-state index is 12.9. The second-order valence-electron chi connectivity index (χ2n) is 7.41. The van der Waals surface area contributed by atoms with Crippen molar-refractivity contribution in [3.8, 4) is 17.2 Å². The number of carbonyl (C=O) groups excluding carboxylic acids is 2. The standard InChI is InChI=1S/C23H25N3O5S2/c1-29-17-10-14(11-18(30-2)21(17)31-3)22(28)24-15-6-7-16-19(12-15)33-23(25-16)32-13-20(27)26-8-4-5-9-26/h6-7,10-12H,4-5,8-9,13H2,1-3H3,(H,24,28). The Labute approximate surface area is 200 Å².